The number of aryl methyl sites for hydroxylation is 2. The fraction of sp³-hybridized carbons (Fsp3) is 0.333. The van der Waals surface area contributed by atoms with Gasteiger partial charge in [-0.15, -0.1) is 0 Å². The predicted molar refractivity (Wildman–Crippen MR) is 115 cm³/mol. The predicted octanol–water partition coefficient (Wildman–Crippen LogP) is 3.72. The molecule has 0 saturated heterocycles. The highest BCUT2D eigenvalue weighted by Crippen LogP contribution is 2.23. The molecule has 0 bridgehead atoms. The highest BCUT2D eigenvalue weighted by atomic mass is 32.2. The van der Waals surface area contributed by atoms with Crippen molar-refractivity contribution in [1.29, 1.82) is 0 Å². The molecule has 0 unspecified atom stereocenters. The molecular weight excluding hydrogens is 408 g/mol. The highest BCUT2D eigenvalue weighted by Gasteiger charge is 2.16. The van der Waals surface area contributed by atoms with Crippen molar-refractivity contribution < 1.29 is 17.9 Å². The Labute approximate surface area is 174 Å². The summed E-state index contributed by atoms with van der Waals surface area (Å²) in [7, 11) is -1.91. The first-order valence-electron chi connectivity index (χ1n) is 9.38. The summed E-state index contributed by atoms with van der Waals surface area (Å²) in [4.78, 5) is 17.5. The largest absolute Gasteiger partial charge is 0.497 e. The van der Waals surface area contributed by atoms with Crippen LogP contribution in [0.15, 0.2) is 52.4 Å². The van der Waals surface area contributed by atoms with Gasteiger partial charge in [0.2, 0.25) is 5.91 Å². The molecule has 0 fully saturated rings. The van der Waals surface area contributed by atoms with Gasteiger partial charge < -0.3 is 9.30 Å². The summed E-state index contributed by atoms with van der Waals surface area (Å²) in [6, 6.07) is 12.4. The van der Waals surface area contributed by atoms with E-state index in [2.05, 4.69) is 11.9 Å². The Kier molecular flexibility index (Phi) is 6.54. The van der Waals surface area contributed by atoms with E-state index in [1.54, 1.807) is 31.4 Å². The number of amides is 1. The molecule has 2 aromatic carbocycles. The maximum Gasteiger partial charge on any atom is 0.249 e. The number of hydrogen-bond acceptors (Lipinski definition) is 5. The third-order valence-corrected chi connectivity index (χ3v) is 7.31. The lowest BCUT2D eigenvalue weighted by Gasteiger charge is -2.05. The number of aromatic nitrogens is 1. The van der Waals surface area contributed by atoms with Crippen LogP contribution < -0.4 is 9.54 Å². The number of carbonyl (C=O) groups is 1. The van der Waals surface area contributed by atoms with E-state index in [0.29, 0.717) is 11.3 Å². The van der Waals surface area contributed by atoms with Gasteiger partial charge in [0.15, 0.2) is 14.6 Å². The summed E-state index contributed by atoms with van der Waals surface area (Å²) in [5.74, 6) is 0.0384. The van der Waals surface area contributed by atoms with Gasteiger partial charge in [-0.05, 0) is 37.6 Å². The normalized spacial score (nSPS) is 12.4. The first-order chi connectivity index (χ1) is 13.8. The van der Waals surface area contributed by atoms with Crippen molar-refractivity contribution in [2.24, 2.45) is 4.99 Å². The van der Waals surface area contributed by atoms with Crippen LogP contribution in [0.25, 0.3) is 10.2 Å². The molecule has 0 atom stereocenters. The van der Waals surface area contributed by atoms with Crippen LogP contribution in [0.3, 0.4) is 0 Å². The number of carbonyl (C=O) groups excluding carboxylic acids is 1. The smallest absolute Gasteiger partial charge is 0.249 e. The molecule has 0 aliphatic heterocycles. The molecule has 0 spiro atoms. The van der Waals surface area contributed by atoms with E-state index >= 15 is 0 Å². The number of sulfone groups is 1. The second-order valence-corrected chi connectivity index (χ2v) is 9.88. The van der Waals surface area contributed by atoms with E-state index in [-0.39, 0.29) is 17.1 Å². The van der Waals surface area contributed by atoms with Crippen LogP contribution in [0, 0.1) is 6.92 Å². The molecule has 1 heterocycles. The third-order valence-electron chi connectivity index (χ3n) is 4.52. The highest BCUT2D eigenvalue weighted by molar-refractivity contribution is 7.91. The maximum atomic E-state index is 12.5. The standard InChI is InChI=1S/C21H24N2O4S2/c1-4-12-23-18-14-16(27-3)7-10-19(18)28-21(23)22-20(24)11-13-29(25,26)17-8-5-15(2)6-9-17/h5-10,14H,4,11-13H2,1-3H3. The summed E-state index contributed by atoms with van der Waals surface area (Å²) in [5, 5.41) is 0. The molecule has 3 rings (SSSR count). The van der Waals surface area contributed by atoms with Crippen LogP contribution in [-0.2, 0) is 21.2 Å². The minimum atomic E-state index is -3.52. The summed E-state index contributed by atoms with van der Waals surface area (Å²) in [6.45, 7) is 4.66. The molecule has 8 heteroatoms. The topological polar surface area (TPSA) is 77.7 Å². The van der Waals surface area contributed by atoms with Crippen LogP contribution in [0.4, 0.5) is 0 Å². The second kappa shape index (κ2) is 8.92. The van der Waals surface area contributed by atoms with Gasteiger partial charge in [0.05, 0.1) is 28.0 Å². The first kappa shape index (κ1) is 21.3. The minimum absolute atomic E-state index is 0.153. The lowest BCUT2D eigenvalue weighted by atomic mass is 10.2. The fourth-order valence-corrected chi connectivity index (χ4v) is 5.23. The number of rotatable bonds is 7. The molecule has 1 amide bonds. The zero-order valence-corrected chi connectivity index (χ0v) is 18.3. The van der Waals surface area contributed by atoms with Crippen molar-refractivity contribution >= 4 is 37.3 Å². The molecule has 29 heavy (non-hydrogen) atoms. The summed E-state index contributed by atoms with van der Waals surface area (Å²) < 4.78 is 33.2. The van der Waals surface area contributed by atoms with E-state index in [1.807, 2.05) is 29.7 Å². The van der Waals surface area contributed by atoms with Crippen LogP contribution >= 0.6 is 11.3 Å². The number of nitrogens with zero attached hydrogens (tertiary/aromatic N) is 2. The van der Waals surface area contributed by atoms with Crippen LogP contribution in [-0.4, -0.2) is 31.8 Å². The number of methoxy groups -OCH3 is 1. The van der Waals surface area contributed by atoms with Crippen molar-refractivity contribution in [3.05, 3.63) is 52.8 Å². The first-order valence-corrected chi connectivity index (χ1v) is 11.9. The SMILES string of the molecule is CCCn1c(=NC(=O)CCS(=O)(=O)c2ccc(C)cc2)sc2ccc(OC)cc21. The van der Waals surface area contributed by atoms with Crippen LogP contribution in [0.5, 0.6) is 5.75 Å². The lowest BCUT2D eigenvalue weighted by Crippen LogP contribution is -2.18. The molecule has 0 radical (unpaired) electrons. The third kappa shape index (κ3) is 4.94. The van der Waals surface area contributed by atoms with Gasteiger partial charge in [0.25, 0.3) is 0 Å². The molecule has 154 valence electrons. The van der Waals surface area contributed by atoms with E-state index in [0.717, 1.165) is 28.0 Å². The second-order valence-electron chi connectivity index (χ2n) is 6.76. The lowest BCUT2D eigenvalue weighted by molar-refractivity contribution is -0.117. The Morgan fingerprint density at radius 1 is 1.17 bits per heavy atom. The van der Waals surface area contributed by atoms with E-state index < -0.39 is 15.7 Å². The summed E-state index contributed by atoms with van der Waals surface area (Å²) >= 11 is 1.41. The van der Waals surface area contributed by atoms with E-state index in [9.17, 15) is 13.2 Å². The van der Waals surface area contributed by atoms with Crippen LogP contribution in [0.1, 0.15) is 25.3 Å². The molecule has 3 aromatic rings. The van der Waals surface area contributed by atoms with Crippen molar-refractivity contribution in [2.75, 3.05) is 12.9 Å². The van der Waals surface area contributed by atoms with Crippen LogP contribution in [0.2, 0.25) is 0 Å². The quantitative estimate of drug-likeness (QED) is 0.570. The van der Waals surface area contributed by atoms with Gasteiger partial charge >= 0.3 is 0 Å². The number of ether oxygens (including phenoxy) is 1. The fourth-order valence-electron chi connectivity index (χ4n) is 2.95. The molecule has 0 aliphatic rings. The minimum Gasteiger partial charge on any atom is -0.497 e. The Morgan fingerprint density at radius 3 is 2.55 bits per heavy atom. The van der Waals surface area contributed by atoms with E-state index in [4.69, 9.17) is 4.74 Å². The van der Waals surface area contributed by atoms with Gasteiger partial charge in [0.1, 0.15) is 5.75 Å². The molecule has 6 nitrogen and oxygen atoms in total. The average Bonchev–Trinajstić information content (AvgIpc) is 3.03. The van der Waals surface area contributed by atoms with Gasteiger partial charge in [-0.2, -0.15) is 4.99 Å². The van der Waals surface area contributed by atoms with Crippen molar-refractivity contribution in [3.8, 4) is 5.75 Å². The Hall–Kier alpha value is -2.45. The maximum absolute atomic E-state index is 12.5. The Balaban J connectivity index is 1.85. The monoisotopic (exact) mass is 432 g/mol. The van der Waals surface area contributed by atoms with Gasteiger partial charge in [0, 0.05) is 19.0 Å². The van der Waals surface area contributed by atoms with E-state index in [1.165, 1.54) is 11.3 Å². The molecule has 0 saturated carbocycles. The van der Waals surface area contributed by atoms with Gasteiger partial charge in [-0.25, -0.2) is 8.42 Å². The van der Waals surface area contributed by atoms with Crippen molar-refractivity contribution in [1.82, 2.24) is 4.57 Å². The number of benzene rings is 2. The summed E-state index contributed by atoms with van der Waals surface area (Å²) in [5.41, 5.74) is 1.94. The number of thiazole rings is 1. The van der Waals surface area contributed by atoms with Gasteiger partial charge in [-0.3, -0.25) is 4.79 Å². The Bertz CT molecular complexity index is 1190. The molecular formula is C21H24N2O4S2. The van der Waals surface area contributed by atoms with Gasteiger partial charge in [-0.1, -0.05) is 36.0 Å². The molecule has 0 N–H and O–H groups in total. The number of fused-ring (bicyclic) bond motifs is 1. The Morgan fingerprint density at radius 2 is 1.90 bits per heavy atom. The zero-order chi connectivity index (χ0) is 21.0. The average molecular weight is 433 g/mol. The molecule has 1 aromatic heterocycles. The zero-order valence-electron chi connectivity index (χ0n) is 16.7. The number of hydrogen-bond donors (Lipinski definition) is 0. The molecule has 0 aliphatic carbocycles. The van der Waals surface area contributed by atoms with Crippen molar-refractivity contribution in [3.63, 3.8) is 0 Å². The summed E-state index contributed by atoms with van der Waals surface area (Å²) in [6.07, 6.45) is 0.728. The van der Waals surface area contributed by atoms with Crippen molar-refractivity contribution in [2.45, 2.75) is 38.1 Å².